The first kappa shape index (κ1) is 25.4. The number of carbonyl (C=O) groups excluding carboxylic acids is 2. The van der Waals surface area contributed by atoms with E-state index in [0.29, 0.717) is 39.8 Å². The number of halogens is 2. The van der Waals surface area contributed by atoms with Gasteiger partial charge in [-0.25, -0.2) is 0 Å². The Morgan fingerprint density at radius 3 is 2.41 bits per heavy atom. The van der Waals surface area contributed by atoms with Crippen LogP contribution in [0.15, 0.2) is 72.9 Å². The Balaban J connectivity index is 1.28. The number of piperazine rings is 1. The van der Waals surface area contributed by atoms with Crippen LogP contribution in [0.25, 0.3) is 32.9 Å². The number of rotatable bonds is 5. The van der Waals surface area contributed by atoms with Crippen LogP contribution >= 0.6 is 23.2 Å². The van der Waals surface area contributed by atoms with Crippen molar-refractivity contribution in [3.05, 3.63) is 99.8 Å². The molecule has 2 amide bonds. The molecular formula is C30H25Cl2N5O2. The van der Waals surface area contributed by atoms with E-state index in [4.69, 9.17) is 28.9 Å². The number of nitrogens with zero attached hydrogens (tertiary/aromatic N) is 3. The number of amides is 2. The van der Waals surface area contributed by atoms with Gasteiger partial charge in [0.15, 0.2) is 0 Å². The number of benzene rings is 3. The molecule has 0 aliphatic carbocycles. The average Bonchev–Trinajstić information content (AvgIpc) is 3.32. The van der Waals surface area contributed by atoms with Gasteiger partial charge < -0.3 is 15.6 Å². The minimum absolute atomic E-state index is 0.0142. The standard InChI is InChI=1S/C30H25Cl2N5O2/c31-25-7-5-18(15-26(25)32)20-13-23-22-6-4-19(16-27(22)35-28(23)24(14-20)29(33)38)30(39)37-11-9-36(10-12-37)17-21-3-1-2-8-34-21/h1-8,13-16,35H,9-12,17H2,(H2,33,38). The zero-order valence-corrected chi connectivity index (χ0v) is 22.5. The molecule has 1 fully saturated rings. The van der Waals surface area contributed by atoms with E-state index in [-0.39, 0.29) is 5.91 Å². The van der Waals surface area contributed by atoms with E-state index in [0.717, 1.165) is 52.7 Å². The minimum atomic E-state index is -0.548. The molecule has 0 bridgehead atoms. The van der Waals surface area contributed by atoms with Gasteiger partial charge >= 0.3 is 0 Å². The normalized spacial score (nSPS) is 14.3. The molecule has 3 N–H and O–H groups in total. The fourth-order valence-electron chi connectivity index (χ4n) is 5.19. The Hall–Kier alpha value is -3.91. The second-order valence-corrected chi connectivity index (χ2v) is 10.5. The van der Waals surface area contributed by atoms with Crippen molar-refractivity contribution in [3.8, 4) is 11.1 Å². The molecule has 196 valence electrons. The highest BCUT2D eigenvalue weighted by molar-refractivity contribution is 6.42. The van der Waals surface area contributed by atoms with Crippen LogP contribution in [0.1, 0.15) is 26.4 Å². The van der Waals surface area contributed by atoms with Gasteiger partial charge in [0.25, 0.3) is 11.8 Å². The third-order valence-corrected chi connectivity index (χ3v) is 7.98. The number of H-pyrrole nitrogens is 1. The highest BCUT2D eigenvalue weighted by atomic mass is 35.5. The lowest BCUT2D eigenvalue weighted by molar-refractivity contribution is 0.0627. The summed E-state index contributed by atoms with van der Waals surface area (Å²) in [5.41, 5.74) is 10.8. The Kier molecular flexibility index (Phi) is 6.73. The Bertz CT molecular complexity index is 1730. The number of aromatic amines is 1. The van der Waals surface area contributed by atoms with E-state index < -0.39 is 5.91 Å². The molecule has 1 aliphatic heterocycles. The summed E-state index contributed by atoms with van der Waals surface area (Å²) in [4.78, 5) is 37.7. The summed E-state index contributed by atoms with van der Waals surface area (Å²) in [5, 5.41) is 2.61. The summed E-state index contributed by atoms with van der Waals surface area (Å²) in [5.74, 6) is -0.562. The van der Waals surface area contributed by atoms with E-state index in [1.165, 1.54) is 0 Å². The number of primary amides is 1. The molecule has 5 aromatic rings. The molecule has 1 saturated heterocycles. The Morgan fingerprint density at radius 1 is 0.872 bits per heavy atom. The van der Waals surface area contributed by atoms with Crippen molar-refractivity contribution in [3.63, 3.8) is 0 Å². The van der Waals surface area contributed by atoms with Crippen molar-refractivity contribution in [2.24, 2.45) is 5.73 Å². The molecule has 0 spiro atoms. The van der Waals surface area contributed by atoms with Crippen LogP contribution < -0.4 is 5.73 Å². The zero-order chi connectivity index (χ0) is 27.1. The van der Waals surface area contributed by atoms with Crippen LogP contribution in [0.5, 0.6) is 0 Å². The molecule has 2 aromatic heterocycles. The first-order chi connectivity index (χ1) is 18.9. The fraction of sp³-hybridized carbons (Fsp3) is 0.167. The van der Waals surface area contributed by atoms with E-state index in [1.54, 1.807) is 24.4 Å². The van der Waals surface area contributed by atoms with Gasteiger partial charge in [-0.05, 0) is 59.7 Å². The van der Waals surface area contributed by atoms with Crippen LogP contribution in [-0.4, -0.2) is 57.8 Å². The van der Waals surface area contributed by atoms with Gasteiger partial charge in [-0.1, -0.05) is 41.4 Å². The second kappa shape index (κ2) is 10.3. The maximum Gasteiger partial charge on any atom is 0.254 e. The summed E-state index contributed by atoms with van der Waals surface area (Å²) < 4.78 is 0. The van der Waals surface area contributed by atoms with E-state index >= 15 is 0 Å². The molecule has 39 heavy (non-hydrogen) atoms. The second-order valence-electron chi connectivity index (χ2n) is 9.71. The third-order valence-electron chi connectivity index (χ3n) is 7.24. The SMILES string of the molecule is NC(=O)c1cc(-c2ccc(Cl)c(Cl)c2)cc2c1[nH]c1cc(C(=O)N3CCN(Cc4ccccn4)CC3)ccc12. The van der Waals surface area contributed by atoms with Gasteiger partial charge in [-0.2, -0.15) is 0 Å². The van der Waals surface area contributed by atoms with Crippen molar-refractivity contribution in [2.75, 3.05) is 26.2 Å². The highest BCUT2D eigenvalue weighted by Crippen LogP contribution is 2.35. The quantitative estimate of drug-likeness (QED) is 0.287. The first-order valence-electron chi connectivity index (χ1n) is 12.6. The van der Waals surface area contributed by atoms with Crippen LogP contribution in [0.3, 0.4) is 0 Å². The fourth-order valence-corrected chi connectivity index (χ4v) is 5.49. The van der Waals surface area contributed by atoms with E-state index in [9.17, 15) is 9.59 Å². The number of aromatic nitrogens is 2. The topological polar surface area (TPSA) is 95.3 Å². The van der Waals surface area contributed by atoms with Crippen molar-refractivity contribution in [1.82, 2.24) is 19.8 Å². The lowest BCUT2D eigenvalue weighted by Crippen LogP contribution is -2.48. The largest absolute Gasteiger partial charge is 0.366 e. The maximum atomic E-state index is 13.4. The van der Waals surface area contributed by atoms with Crippen molar-refractivity contribution in [1.29, 1.82) is 0 Å². The number of nitrogens with one attached hydrogen (secondary N) is 1. The average molecular weight is 558 g/mol. The monoisotopic (exact) mass is 557 g/mol. The zero-order valence-electron chi connectivity index (χ0n) is 21.0. The minimum Gasteiger partial charge on any atom is -0.366 e. The van der Waals surface area contributed by atoms with Crippen molar-refractivity contribution in [2.45, 2.75) is 6.54 Å². The lowest BCUT2D eigenvalue weighted by atomic mass is 9.98. The summed E-state index contributed by atoms with van der Waals surface area (Å²) in [7, 11) is 0. The van der Waals surface area contributed by atoms with Gasteiger partial charge in [-0.15, -0.1) is 0 Å². The number of carbonyl (C=O) groups is 2. The highest BCUT2D eigenvalue weighted by Gasteiger charge is 2.23. The van der Waals surface area contributed by atoms with Crippen LogP contribution in [-0.2, 0) is 6.54 Å². The van der Waals surface area contributed by atoms with Crippen molar-refractivity contribution >= 4 is 56.8 Å². The van der Waals surface area contributed by atoms with Gasteiger partial charge in [0, 0.05) is 60.8 Å². The molecule has 0 unspecified atom stereocenters. The Labute approximate surface area is 235 Å². The predicted octanol–water partition coefficient (Wildman–Crippen LogP) is 5.75. The van der Waals surface area contributed by atoms with Gasteiger partial charge in [-0.3, -0.25) is 19.5 Å². The molecule has 3 heterocycles. The molecule has 9 heteroatoms. The summed E-state index contributed by atoms with van der Waals surface area (Å²) in [6, 6.07) is 20.6. The maximum absolute atomic E-state index is 13.4. The van der Waals surface area contributed by atoms with Crippen LogP contribution in [0, 0.1) is 0 Å². The molecule has 3 aromatic carbocycles. The molecule has 1 aliphatic rings. The van der Waals surface area contributed by atoms with Gasteiger partial charge in [0.2, 0.25) is 0 Å². The molecular weight excluding hydrogens is 533 g/mol. The number of nitrogens with two attached hydrogens (primary N) is 1. The molecule has 0 radical (unpaired) electrons. The first-order valence-corrected chi connectivity index (χ1v) is 13.4. The molecule has 0 atom stereocenters. The van der Waals surface area contributed by atoms with Gasteiger partial charge in [0.05, 0.1) is 26.8 Å². The molecule has 0 saturated carbocycles. The summed E-state index contributed by atoms with van der Waals surface area (Å²) in [6.07, 6.45) is 1.80. The third kappa shape index (κ3) is 4.96. The summed E-state index contributed by atoms with van der Waals surface area (Å²) >= 11 is 12.3. The van der Waals surface area contributed by atoms with Crippen molar-refractivity contribution < 1.29 is 9.59 Å². The number of hydrogen-bond acceptors (Lipinski definition) is 4. The summed E-state index contributed by atoms with van der Waals surface area (Å²) in [6.45, 7) is 3.65. The number of pyridine rings is 1. The number of hydrogen-bond donors (Lipinski definition) is 2. The smallest absolute Gasteiger partial charge is 0.254 e. The Morgan fingerprint density at radius 2 is 1.69 bits per heavy atom. The van der Waals surface area contributed by atoms with Gasteiger partial charge in [0.1, 0.15) is 0 Å². The van der Waals surface area contributed by atoms with Crippen LogP contribution in [0.2, 0.25) is 10.0 Å². The van der Waals surface area contributed by atoms with E-state index in [1.807, 2.05) is 53.4 Å². The predicted molar refractivity (Wildman–Crippen MR) is 155 cm³/mol. The molecule has 7 nitrogen and oxygen atoms in total. The molecule has 6 rings (SSSR count). The van der Waals surface area contributed by atoms with E-state index in [2.05, 4.69) is 14.9 Å². The number of fused-ring (bicyclic) bond motifs is 3. The van der Waals surface area contributed by atoms with Crippen LogP contribution in [0.4, 0.5) is 0 Å². The lowest BCUT2D eigenvalue weighted by Gasteiger charge is -2.34.